The van der Waals surface area contributed by atoms with E-state index in [-0.39, 0.29) is 5.69 Å². The Morgan fingerprint density at radius 2 is 2.03 bits per heavy atom. The molecule has 0 saturated carbocycles. The van der Waals surface area contributed by atoms with Crippen LogP contribution in [0.1, 0.15) is 50.4 Å². The van der Waals surface area contributed by atoms with Crippen LogP contribution in [0.2, 0.25) is 0 Å². The maximum atomic E-state index is 12.5. The van der Waals surface area contributed by atoms with E-state index in [1.165, 1.54) is 18.4 Å². The summed E-state index contributed by atoms with van der Waals surface area (Å²) in [5.41, 5.74) is 1.41. The van der Waals surface area contributed by atoms with Gasteiger partial charge in [-0.15, -0.1) is 0 Å². The Morgan fingerprint density at radius 1 is 1.16 bits per heavy atom. The molecule has 2 aromatic rings. The van der Waals surface area contributed by atoms with E-state index >= 15 is 0 Å². The fraction of sp³-hybridized carbons (Fsp3) is 0.625. The summed E-state index contributed by atoms with van der Waals surface area (Å²) in [6, 6.07) is 11.2. The van der Waals surface area contributed by atoms with E-state index in [1.54, 1.807) is 4.68 Å². The van der Waals surface area contributed by atoms with E-state index in [0.717, 1.165) is 76.7 Å². The standard InChI is InChI=1S/C24H37N7O/c1-2-25-23(26-14-9-17-31-24(32)30-16-7-6-13-22(30)28-31)27-18-21-12-8-15-29(21)19-20-10-4-3-5-11-20/h3-5,10-11,21H,2,6-9,12-19H2,1H3,(H2,25,26,27). The molecule has 3 heterocycles. The first-order chi connectivity index (χ1) is 15.7. The Balaban J connectivity index is 1.26. The third-order valence-corrected chi connectivity index (χ3v) is 6.40. The summed E-state index contributed by atoms with van der Waals surface area (Å²) in [6.45, 7) is 8.07. The van der Waals surface area contributed by atoms with Crippen LogP contribution in [0.5, 0.6) is 0 Å². The Hall–Kier alpha value is -2.61. The fourth-order valence-corrected chi connectivity index (χ4v) is 4.70. The predicted octanol–water partition coefficient (Wildman–Crippen LogP) is 1.99. The molecule has 8 nitrogen and oxygen atoms in total. The second-order valence-electron chi connectivity index (χ2n) is 8.78. The normalized spacial score (nSPS) is 19.2. The number of guanidine groups is 1. The highest BCUT2D eigenvalue weighted by Gasteiger charge is 2.24. The third kappa shape index (κ3) is 5.79. The van der Waals surface area contributed by atoms with Crippen LogP contribution in [0.4, 0.5) is 0 Å². The van der Waals surface area contributed by atoms with Crippen LogP contribution in [0.15, 0.2) is 40.1 Å². The maximum absolute atomic E-state index is 12.5. The molecule has 0 radical (unpaired) electrons. The van der Waals surface area contributed by atoms with Gasteiger partial charge in [-0.05, 0) is 51.1 Å². The first-order valence-corrected chi connectivity index (χ1v) is 12.2. The number of fused-ring (bicyclic) bond motifs is 1. The Labute approximate surface area is 190 Å². The highest BCUT2D eigenvalue weighted by Crippen LogP contribution is 2.20. The molecule has 0 spiro atoms. The van der Waals surface area contributed by atoms with Gasteiger partial charge in [-0.25, -0.2) is 9.48 Å². The molecule has 1 unspecified atom stereocenters. The van der Waals surface area contributed by atoms with Crippen molar-refractivity contribution in [2.45, 2.75) is 71.1 Å². The average molecular weight is 440 g/mol. The van der Waals surface area contributed by atoms with Gasteiger partial charge in [0.1, 0.15) is 5.82 Å². The van der Waals surface area contributed by atoms with Gasteiger partial charge in [0.05, 0.1) is 6.54 Å². The van der Waals surface area contributed by atoms with E-state index in [9.17, 15) is 4.79 Å². The first kappa shape index (κ1) is 22.6. The van der Waals surface area contributed by atoms with Gasteiger partial charge in [0, 0.05) is 45.2 Å². The van der Waals surface area contributed by atoms with Crippen LogP contribution in [-0.4, -0.2) is 57.4 Å². The van der Waals surface area contributed by atoms with Crippen molar-refractivity contribution in [3.05, 3.63) is 52.2 Å². The summed E-state index contributed by atoms with van der Waals surface area (Å²) in [4.78, 5) is 19.9. The molecule has 1 atom stereocenters. The molecule has 1 saturated heterocycles. The second-order valence-corrected chi connectivity index (χ2v) is 8.78. The largest absolute Gasteiger partial charge is 0.357 e. The van der Waals surface area contributed by atoms with Gasteiger partial charge in [0.25, 0.3) is 0 Å². The summed E-state index contributed by atoms with van der Waals surface area (Å²) in [7, 11) is 0. The molecule has 4 rings (SSSR count). The molecule has 1 aromatic carbocycles. The first-order valence-electron chi connectivity index (χ1n) is 12.2. The molecule has 32 heavy (non-hydrogen) atoms. The molecule has 0 amide bonds. The van der Waals surface area contributed by atoms with Crippen molar-refractivity contribution in [3.8, 4) is 0 Å². The van der Waals surface area contributed by atoms with Gasteiger partial charge in [0.2, 0.25) is 0 Å². The van der Waals surface area contributed by atoms with Gasteiger partial charge < -0.3 is 10.6 Å². The molecule has 2 aliphatic heterocycles. The van der Waals surface area contributed by atoms with Gasteiger partial charge in [-0.1, -0.05) is 30.3 Å². The zero-order valence-electron chi connectivity index (χ0n) is 19.3. The smallest absolute Gasteiger partial charge is 0.345 e. The molecule has 2 aliphatic rings. The minimum absolute atomic E-state index is 0.0417. The van der Waals surface area contributed by atoms with Crippen molar-refractivity contribution in [1.82, 2.24) is 29.9 Å². The summed E-state index contributed by atoms with van der Waals surface area (Å²) >= 11 is 0. The topological polar surface area (TPSA) is 79.5 Å². The van der Waals surface area contributed by atoms with Crippen molar-refractivity contribution >= 4 is 5.96 Å². The molecule has 8 heteroatoms. The predicted molar refractivity (Wildman–Crippen MR) is 128 cm³/mol. The van der Waals surface area contributed by atoms with Crippen molar-refractivity contribution in [3.63, 3.8) is 0 Å². The quantitative estimate of drug-likeness (QED) is 0.355. The number of aliphatic imine (C=N–C) groups is 1. The van der Waals surface area contributed by atoms with E-state index in [0.29, 0.717) is 12.6 Å². The van der Waals surface area contributed by atoms with E-state index in [4.69, 9.17) is 4.99 Å². The zero-order valence-corrected chi connectivity index (χ0v) is 19.3. The molecule has 0 bridgehead atoms. The van der Waals surface area contributed by atoms with E-state index < -0.39 is 0 Å². The number of rotatable bonds is 9. The minimum atomic E-state index is 0.0417. The van der Waals surface area contributed by atoms with Crippen molar-refractivity contribution in [1.29, 1.82) is 0 Å². The monoisotopic (exact) mass is 439 g/mol. The lowest BCUT2D eigenvalue weighted by Gasteiger charge is -2.23. The highest BCUT2D eigenvalue weighted by molar-refractivity contribution is 5.79. The number of aromatic nitrogens is 3. The fourth-order valence-electron chi connectivity index (χ4n) is 4.70. The maximum Gasteiger partial charge on any atom is 0.345 e. The molecule has 1 aromatic heterocycles. The van der Waals surface area contributed by atoms with Crippen molar-refractivity contribution in [2.24, 2.45) is 4.99 Å². The minimum Gasteiger partial charge on any atom is -0.357 e. The number of benzene rings is 1. The van der Waals surface area contributed by atoms with Crippen molar-refractivity contribution < 1.29 is 0 Å². The molecule has 0 aliphatic carbocycles. The summed E-state index contributed by atoms with van der Waals surface area (Å²) in [6.07, 6.45) is 6.39. The van der Waals surface area contributed by atoms with Crippen LogP contribution in [-0.2, 0) is 26.1 Å². The van der Waals surface area contributed by atoms with E-state index in [2.05, 4.69) is 57.9 Å². The molecular weight excluding hydrogens is 402 g/mol. The lowest BCUT2D eigenvalue weighted by Crippen LogP contribution is -2.40. The lowest BCUT2D eigenvalue weighted by atomic mass is 10.2. The van der Waals surface area contributed by atoms with Crippen LogP contribution >= 0.6 is 0 Å². The average Bonchev–Trinajstić information content (AvgIpc) is 3.39. The Bertz CT molecular complexity index is 934. The van der Waals surface area contributed by atoms with Crippen LogP contribution in [0, 0.1) is 0 Å². The highest BCUT2D eigenvalue weighted by atomic mass is 16.2. The second kappa shape index (κ2) is 11.3. The van der Waals surface area contributed by atoms with Crippen LogP contribution < -0.4 is 16.3 Å². The number of aryl methyl sites for hydroxylation is 2. The van der Waals surface area contributed by atoms with Gasteiger partial charge >= 0.3 is 5.69 Å². The van der Waals surface area contributed by atoms with Gasteiger partial charge in [0.15, 0.2) is 5.96 Å². The number of hydrogen-bond acceptors (Lipinski definition) is 4. The van der Waals surface area contributed by atoms with Crippen LogP contribution in [0.25, 0.3) is 0 Å². The Morgan fingerprint density at radius 3 is 2.84 bits per heavy atom. The number of likely N-dealkylation sites (tertiary alicyclic amines) is 1. The summed E-state index contributed by atoms with van der Waals surface area (Å²) in [5.74, 6) is 1.80. The molecule has 1 fully saturated rings. The van der Waals surface area contributed by atoms with Gasteiger partial charge in [-0.3, -0.25) is 14.5 Å². The summed E-state index contributed by atoms with van der Waals surface area (Å²) in [5, 5.41) is 11.3. The van der Waals surface area contributed by atoms with Crippen molar-refractivity contribution in [2.75, 3.05) is 26.2 Å². The SMILES string of the molecule is CCNC(=NCC1CCCN1Cc1ccccc1)NCCCn1nc2n(c1=O)CCCC2. The zero-order chi connectivity index (χ0) is 22.2. The summed E-state index contributed by atoms with van der Waals surface area (Å²) < 4.78 is 3.47. The molecule has 174 valence electrons. The lowest BCUT2D eigenvalue weighted by molar-refractivity contribution is 0.250. The molecule has 2 N–H and O–H groups in total. The van der Waals surface area contributed by atoms with E-state index in [1.807, 2.05) is 4.57 Å². The van der Waals surface area contributed by atoms with Gasteiger partial charge in [-0.2, -0.15) is 5.10 Å². The number of nitrogens with one attached hydrogen (secondary N) is 2. The Kier molecular flexibility index (Phi) is 7.98. The molecular formula is C24H37N7O. The number of nitrogens with zero attached hydrogens (tertiary/aromatic N) is 5. The van der Waals surface area contributed by atoms with Crippen LogP contribution in [0.3, 0.4) is 0 Å². The number of hydrogen-bond donors (Lipinski definition) is 2. The third-order valence-electron chi connectivity index (χ3n) is 6.40.